The fourth-order valence-electron chi connectivity index (χ4n) is 2.45. The maximum absolute atomic E-state index is 12.6. The Morgan fingerprint density at radius 3 is 2.22 bits per heavy atom. The normalized spacial score (nSPS) is 12.0. The van der Waals surface area contributed by atoms with Crippen LogP contribution >= 0.6 is 12.4 Å². The van der Waals surface area contributed by atoms with Crippen LogP contribution in [-0.4, -0.2) is 31.6 Å². The van der Waals surface area contributed by atoms with E-state index in [1.165, 1.54) is 7.11 Å². The first kappa shape index (κ1) is 21.4. The van der Waals surface area contributed by atoms with E-state index in [0.717, 1.165) is 5.56 Å². The molecule has 0 fully saturated rings. The van der Waals surface area contributed by atoms with E-state index in [9.17, 15) is 9.59 Å². The van der Waals surface area contributed by atoms with Gasteiger partial charge in [0.1, 0.15) is 6.04 Å². The molecule has 1 unspecified atom stereocenters. The summed E-state index contributed by atoms with van der Waals surface area (Å²) in [4.78, 5) is 24.6. The number of esters is 1. The number of methoxy groups -OCH3 is 1. The number of nitrogens with one attached hydrogen (secondary N) is 1. The van der Waals surface area contributed by atoms with E-state index < -0.39 is 17.4 Å². The summed E-state index contributed by atoms with van der Waals surface area (Å²) in [6, 6.07) is 8.82. The molecule has 0 radical (unpaired) electrons. The highest BCUT2D eigenvalue weighted by molar-refractivity contribution is 5.88. The summed E-state index contributed by atoms with van der Waals surface area (Å²) in [5.74, 6) is -0.637. The quantitative estimate of drug-likeness (QED) is 0.709. The minimum absolute atomic E-state index is 0. The van der Waals surface area contributed by atoms with Crippen LogP contribution < -0.4 is 11.1 Å². The van der Waals surface area contributed by atoms with Crippen molar-refractivity contribution in [2.75, 3.05) is 13.7 Å². The van der Waals surface area contributed by atoms with Crippen LogP contribution in [0, 0.1) is 5.41 Å². The van der Waals surface area contributed by atoms with Gasteiger partial charge < -0.3 is 15.8 Å². The number of rotatable bonds is 8. The van der Waals surface area contributed by atoms with E-state index >= 15 is 0 Å². The Bertz CT molecular complexity index is 482. The lowest BCUT2D eigenvalue weighted by Crippen LogP contribution is -2.52. The van der Waals surface area contributed by atoms with Gasteiger partial charge in [-0.2, -0.15) is 0 Å². The maximum Gasteiger partial charge on any atom is 0.328 e. The zero-order chi connectivity index (χ0) is 16.6. The molecule has 0 aliphatic heterocycles. The van der Waals surface area contributed by atoms with Gasteiger partial charge in [0.25, 0.3) is 0 Å². The molecule has 1 aromatic rings. The number of hydrogen-bond donors (Lipinski definition) is 2. The Morgan fingerprint density at radius 1 is 1.22 bits per heavy atom. The van der Waals surface area contributed by atoms with Gasteiger partial charge in [-0.1, -0.05) is 44.2 Å². The minimum atomic E-state index is -0.705. The lowest BCUT2D eigenvalue weighted by atomic mass is 9.81. The highest BCUT2D eigenvalue weighted by atomic mass is 35.5. The monoisotopic (exact) mass is 342 g/mol. The molecule has 1 atom stereocenters. The molecule has 130 valence electrons. The minimum Gasteiger partial charge on any atom is -0.467 e. The summed E-state index contributed by atoms with van der Waals surface area (Å²) in [6.07, 6.45) is 1.66. The molecule has 0 aliphatic rings. The Morgan fingerprint density at radius 2 is 1.78 bits per heavy atom. The van der Waals surface area contributed by atoms with E-state index in [-0.39, 0.29) is 24.9 Å². The fraction of sp³-hybridized carbons (Fsp3) is 0.529. The van der Waals surface area contributed by atoms with E-state index in [1.807, 2.05) is 44.2 Å². The lowest BCUT2D eigenvalue weighted by molar-refractivity contribution is -0.146. The van der Waals surface area contributed by atoms with Crippen LogP contribution in [0.1, 0.15) is 32.3 Å². The third-order valence-corrected chi connectivity index (χ3v) is 4.30. The smallest absolute Gasteiger partial charge is 0.328 e. The van der Waals surface area contributed by atoms with Gasteiger partial charge in [-0.3, -0.25) is 4.79 Å². The predicted octanol–water partition coefficient (Wildman–Crippen LogP) is 2.07. The van der Waals surface area contributed by atoms with Gasteiger partial charge in [-0.25, -0.2) is 4.79 Å². The van der Waals surface area contributed by atoms with Crippen LogP contribution in [0.2, 0.25) is 0 Å². The van der Waals surface area contributed by atoms with Gasteiger partial charge in [-0.15, -0.1) is 12.4 Å². The number of halogens is 1. The Balaban J connectivity index is 0.00000484. The maximum atomic E-state index is 12.6. The van der Waals surface area contributed by atoms with Gasteiger partial charge in [0, 0.05) is 13.0 Å². The highest BCUT2D eigenvalue weighted by Crippen LogP contribution is 2.25. The van der Waals surface area contributed by atoms with Crippen LogP contribution in [0.15, 0.2) is 30.3 Å². The van der Waals surface area contributed by atoms with Crippen LogP contribution in [0.3, 0.4) is 0 Å². The van der Waals surface area contributed by atoms with E-state index in [4.69, 9.17) is 10.5 Å². The standard InChI is InChI=1S/C17H26N2O3.ClH/c1-4-17(5-2,12-18)16(21)19-14(15(20)22-3)11-13-9-7-6-8-10-13;/h6-10,14H,4-5,11-12,18H2,1-3H3,(H,19,21);1H. The molecule has 1 amide bonds. The van der Waals surface area contributed by atoms with Crippen LogP contribution in [0.4, 0.5) is 0 Å². The molecule has 1 aromatic carbocycles. The molecule has 0 heterocycles. The summed E-state index contributed by atoms with van der Waals surface area (Å²) >= 11 is 0. The van der Waals surface area contributed by atoms with Crippen molar-refractivity contribution in [3.8, 4) is 0 Å². The number of amides is 1. The van der Waals surface area contributed by atoms with E-state index in [1.54, 1.807) is 0 Å². The Labute approximate surface area is 144 Å². The third-order valence-electron chi connectivity index (χ3n) is 4.30. The second kappa shape index (κ2) is 10.2. The molecule has 23 heavy (non-hydrogen) atoms. The molecule has 0 spiro atoms. The van der Waals surface area contributed by atoms with Gasteiger partial charge >= 0.3 is 5.97 Å². The molecule has 0 saturated carbocycles. The summed E-state index contributed by atoms with van der Waals surface area (Å²) in [5.41, 5.74) is 6.12. The summed E-state index contributed by atoms with van der Waals surface area (Å²) in [7, 11) is 1.32. The lowest BCUT2D eigenvalue weighted by Gasteiger charge is -2.30. The van der Waals surface area contributed by atoms with Crippen molar-refractivity contribution in [1.82, 2.24) is 5.32 Å². The number of benzene rings is 1. The Hall–Kier alpha value is -1.59. The number of hydrogen-bond acceptors (Lipinski definition) is 4. The fourth-order valence-corrected chi connectivity index (χ4v) is 2.45. The van der Waals surface area contributed by atoms with Gasteiger partial charge in [0.15, 0.2) is 0 Å². The summed E-state index contributed by atoms with van der Waals surface area (Å²) in [6.45, 7) is 4.12. The first-order valence-electron chi connectivity index (χ1n) is 7.65. The number of carbonyl (C=O) groups is 2. The molecule has 0 aromatic heterocycles. The zero-order valence-corrected chi connectivity index (χ0v) is 14.8. The molecule has 1 rings (SSSR count). The molecule has 5 nitrogen and oxygen atoms in total. The van der Waals surface area contributed by atoms with E-state index in [0.29, 0.717) is 19.3 Å². The van der Waals surface area contributed by atoms with Gasteiger partial charge in [0.2, 0.25) is 5.91 Å². The van der Waals surface area contributed by atoms with Crippen molar-refractivity contribution in [3.63, 3.8) is 0 Å². The first-order valence-corrected chi connectivity index (χ1v) is 7.65. The van der Waals surface area contributed by atoms with Crippen molar-refractivity contribution < 1.29 is 14.3 Å². The molecule has 6 heteroatoms. The number of ether oxygens (including phenoxy) is 1. The number of carbonyl (C=O) groups excluding carboxylic acids is 2. The van der Waals surface area contributed by atoms with Gasteiger partial charge in [-0.05, 0) is 18.4 Å². The summed E-state index contributed by atoms with van der Waals surface area (Å²) < 4.78 is 4.81. The molecular formula is C17H27ClN2O3. The largest absolute Gasteiger partial charge is 0.467 e. The third kappa shape index (κ3) is 5.52. The topological polar surface area (TPSA) is 81.4 Å². The molecule has 3 N–H and O–H groups in total. The molecule has 0 saturated heterocycles. The first-order chi connectivity index (χ1) is 10.5. The van der Waals surface area contributed by atoms with Crippen LogP contribution in [0.5, 0.6) is 0 Å². The second-order valence-corrected chi connectivity index (χ2v) is 5.43. The predicted molar refractivity (Wildman–Crippen MR) is 93.4 cm³/mol. The average Bonchev–Trinajstić information content (AvgIpc) is 2.56. The second-order valence-electron chi connectivity index (χ2n) is 5.43. The molecule has 0 aliphatic carbocycles. The van der Waals surface area contributed by atoms with Crippen molar-refractivity contribution in [2.45, 2.75) is 39.2 Å². The van der Waals surface area contributed by atoms with Crippen LogP contribution in [0.25, 0.3) is 0 Å². The average molecular weight is 343 g/mol. The number of nitrogens with two attached hydrogens (primary N) is 1. The Kier molecular flexibility index (Phi) is 9.53. The molecular weight excluding hydrogens is 316 g/mol. The van der Waals surface area contributed by atoms with E-state index in [2.05, 4.69) is 5.32 Å². The van der Waals surface area contributed by atoms with Crippen molar-refractivity contribution >= 4 is 24.3 Å². The highest BCUT2D eigenvalue weighted by Gasteiger charge is 2.36. The van der Waals surface area contributed by atoms with Crippen molar-refractivity contribution in [3.05, 3.63) is 35.9 Å². The van der Waals surface area contributed by atoms with Gasteiger partial charge in [0.05, 0.1) is 12.5 Å². The van der Waals surface area contributed by atoms with Crippen LogP contribution in [-0.2, 0) is 20.7 Å². The SMILES string of the molecule is CCC(CC)(CN)C(=O)NC(Cc1ccccc1)C(=O)OC.Cl. The zero-order valence-electron chi connectivity index (χ0n) is 14.0. The van der Waals surface area contributed by atoms with Crippen molar-refractivity contribution in [2.24, 2.45) is 11.1 Å². The summed E-state index contributed by atoms with van der Waals surface area (Å²) in [5, 5.41) is 2.82. The van der Waals surface area contributed by atoms with Crippen molar-refractivity contribution in [1.29, 1.82) is 0 Å². The molecule has 0 bridgehead atoms.